The maximum absolute atomic E-state index is 12.8. The van der Waals surface area contributed by atoms with Gasteiger partial charge in [0.2, 0.25) is 11.8 Å². The SMILES string of the molecule is COc1ccc2c(c1)C(=CC(=O)NCCCCCC(=O)Nc1ccccc1N)c1cc(OC)ccc1-2. The molecule has 0 unspecified atom stereocenters. The average Bonchev–Trinajstić information content (AvgIpc) is 3.19. The average molecular weight is 486 g/mol. The smallest absolute Gasteiger partial charge is 0.244 e. The van der Waals surface area contributed by atoms with Crippen molar-refractivity contribution in [2.24, 2.45) is 0 Å². The van der Waals surface area contributed by atoms with Gasteiger partial charge in [0, 0.05) is 19.0 Å². The third-order valence-corrected chi connectivity index (χ3v) is 6.21. The van der Waals surface area contributed by atoms with Gasteiger partial charge in [0.15, 0.2) is 0 Å². The summed E-state index contributed by atoms with van der Waals surface area (Å²) in [6.07, 6.45) is 4.39. The fourth-order valence-electron chi connectivity index (χ4n) is 4.32. The number of nitrogens with one attached hydrogen (secondary N) is 2. The van der Waals surface area contributed by atoms with E-state index in [1.807, 2.05) is 48.5 Å². The Morgan fingerprint density at radius 1 is 0.833 bits per heavy atom. The van der Waals surface area contributed by atoms with Crippen LogP contribution in [0, 0.1) is 0 Å². The van der Waals surface area contributed by atoms with Crippen molar-refractivity contribution in [2.75, 3.05) is 31.8 Å². The molecule has 0 aromatic heterocycles. The minimum atomic E-state index is -0.160. The monoisotopic (exact) mass is 485 g/mol. The zero-order valence-electron chi connectivity index (χ0n) is 20.6. The van der Waals surface area contributed by atoms with E-state index in [0.717, 1.165) is 58.6 Å². The second-order valence-corrected chi connectivity index (χ2v) is 8.62. The lowest BCUT2D eigenvalue weighted by Crippen LogP contribution is -2.22. The molecular formula is C29H31N3O4. The number of hydrogen-bond acceptors (Lipinski definition) is 5. The summed E-state index contributed by atoms with van der Waals surface area (Å²) in [5.41, 5.74) is 11.9. The van der Waals surface area contributed by atoms with Gasteiger partial charge >= 0.3 is 0 Å². The first-order valence-electron chi connectivity index (χ1n) is 12.0. The highest BCUT2D eigenvalue weighted by molar-refractivity contribution is 6.08. The van der Waals surface area contributed by atoms with E-state index >= 15 is 0 Å². The molecule has 0 bridgehead atoms. The van der Waals surface area contributed by atoms with Gasteiger partial charge in [0.1, 0.15) is 11.5 Å². The maximum atomic E-state index is 12.8. The number of methoxy groups -OCH3 is 2. The summed E-state index contributed by atoms with van der Waals surface area (Å²) in [5, 5.41) is 5.80. The summed E-state index contributed by atoms with van der Waals surface area (Å²) in [5.74, 6) is 1.25. The van der Waals surface area contributed by atoms with Crippen LogP contribution >= 0.6 is 0 Å². The molecule has 0 heterocycles. The number of carbonyl (C=O) groups is 2. The van der Waals surface area contributed by atoms with E-state index in [1.54, 1.807) is 32.4 Å². The van der Waals surface area contributed by atoms with Gasteiger partial charge in [-0.25, -0.2) is 0 Å². The summed E-state index contributed by atoms with van der Waals surface area (Å²) in [7, 11) is 3.26. The normalized spacial score (nSPS) is 11.3. The van der Waals surface area contributed by atoms with Crippen molar-refractivity contribution < 1.29 is 19.1 Å². The van der Waals surface area contributed by atoms with E-state index in [-0.39, 0.29) is 11.8 Å². The van der Waals surface area contributed by atoms with Crippen LogP contribution in [0.1, 0.15) is 36.8 Å². The van der Waals surface area contributed by atoms with Crippen LogP contribution in [-0.2, 0) is 9.59 Å². The van der Waals surface area contributed by atoms with Crippen LogP contribution in [0.3, 0.4) is 0 Å². The van der Waals surface area contributed by atoms with Gasteiger partial charge in [0.25, 0.3) is 0 Å². The Labute approximate surface area is 211 Å². The standard InChI is InChI=1S/C29H31N3O4/c1-35-19-11-13-21-22-14-12-20(36-2)17-24(22)25(23(21)16-19)18-29(34)31-15-7-3-4-10-28(33)32-27-9-6-5-8-26(27)30/h5-6,8-9,11-14,16-18H,3-4,7,10,15,30H2,1-2H3,(H,31,34)(H,32,33). The topological polar surface area (TPSA) is 103 Å². The Kier molecular flexibility index (Phi) is 7.90. The van der Waals surface area contributed by atoms with Crippen LogP contribution in [-0.4, -0.2) is 32.6 Å². The molecule has 4 N–H and O–H groups in total. The van der Waals surface area contributed by atoms with Crippen molar-refractivity contribution >= 4 is 28.8 Å². The molecule has 1 aliphatic carbocycles. The first kappa shape index (κ1) is 24.9. The first-order valence-corrected chi connectivity index (χ1v) is 12.0. The van der Waals surface area contributed by atoms with Crippen LogP contribution in [0.25, 0.3) is 16.7 Å². The maximum Gasteiger partial charge on any atom is 0.244 e. The molecule has 0 spiro atoms. The molecule has 0 saturated carbocycles. The number of nitrogens with two attached hydrogens (primary N) is 1. The van der Waals surface area contributed by atoms with Crippen molar-refractivity contribution in [1.29, 1.82) is 0 Å². The van der Waals surface area contributed by atoms with Gasteiger partial charge in [-0.2, -0.15) is 0 Å². The minimum absolute atomic E-state index is 0.0638. The molecule has 7 nitrogen and oxygen atoms in total. The highest BCUT2D eigenvalue weighted by Crippen LogP contribution is 2.46. The summed E-state index contributed by atoms with van der Waals surface area (Å²) >= 11 is 0. The number of para-hydroxylation sites is 2. The van der Waals surface area contributed by atoms with Crippen molar-refractivity contribution in [1.82, 2.24) is 5.32 Å². The molecule has 3 aromatic rings. The molecule has 2 amide bonds. The van der Waals surface area contributed by atoms with E-state index < -0.39 is 0 Å². The minimum Gasteiger partial charge on any atom is -0.497 e. The van der Waals surface area contributed by atoms with Crippen molar-refractivity contribution in [3.63, 3.8) is 0 Å². The predicted molar refractivity (Wildman–Crippen MR) is 143 cm³/mol. The van der Waals surface area contributed by atoms with E-state index in [2.05, 4.69) is 10.6 Å². The number of rotatable bonds is 10. The number of carbonyl (C=O) groups excluding carboxylic acids is 2. The van der Waals surface area contributed by atoms with E-state index in [1.165, 1.54) is 0 Å². The fraction of sp³-hybridized carbons (Fsp3) is 0.241. The zero-order valence-corrected chi connectivity index (χ0v) is 20.6. The lowest BCUT2D eigenvalue weighted by Gasteiger charge is -2.08. The number of hydrogen-bond donors (Lipinski definition) is 3. The zero-order chi connectivity index (χ0) is 25.5. The summed E-state index contributed by atoms with van der Waals surface area (Å²) in [6.45, 7) is 0.534. The number of anilines is 2. The first-order chi connectivity index (χ1) is 17.5. The quantitative estimate of drug-likeness (QED) is 0.166. The molecular weight excluding hydrogens is 454 g/mol. The number of unbranched alkanes of at least 4 members (excludes halogenated alkanes) is 2. The summed E-state index contributed by atoms with van der Waals surface area (Å²) < 4.78 is 10.8. The molecule has 36 heavy (non-hydrogen) atoms. The van der Waals surface area contributed by atoms with Crippen LogP contribution < -0.4 is 25.8 Å². The predicted octanol–water partition coefficient (Wildman–Crippen LogP) is 5.01. The summed E-state index contributed by atoms with van der Waals surface area (Å²) in [6, 6.07) is 19.0. The fourth-order valence-corrected chi connectivity index (χ4v) is 4.32. The number of fused-ring (bicyclic) bond motifs is 3. The Bertz CT molecular complexity index is 1240. The summed E-state index contributed by atoms with van der Waals surface area (Å²) in [4.78, 5) is 24.9. The molecule has 0 aliphatic heterocycles. The molecule has 4 rings (SSSR count). The van der Waals surface area contributed by atoms with Gasteiger partial charge < -0.3 is 25.8 Å². The molecule has 0 radical (unpaired) electrons. The van der Waals surface area contributed by atoms with Crippen molar-refractivity contribution in [3.05, 3.63) is 77.9 Å². The second-order valence-electron chi connectivity index (χ2n) is 8.62. The highest BCUT2D eigenvalue weighted by atomic mass is 16.5. The molecule has 7 heteroatoms. The number of benzene rings is 3. The van der Waals surface area contributed by atoms with Gasteiger partial charge in [-0.15, -0.1) is 0 Å². The van der Waals surface area contributed by atoms with Crippen LogP contribution in [0.5, 0.6) is 11.5 Å². The van der Waals surface area contributed by atoms with Crippen LogP contribution in [0.4, 0.5) is 11.4 Å². The molecule has 0 atom stereocenters. The molecule has 1 aliphatic rings. The van der Waals surface area contributed by atoms with Gasteiger partial charge in [-0.3, -0.25) is 9.59 Å². The number of amides is 2. The van der Waals surface area contributed by atoms with E-state index in [0.29, 0.717) is 24.3 Å². The Hall–Kier alpha value is -4.26. The Morgan fingerprint density at radius 3 is 2.08 bits per heavy atom. The molecule has 0 saturated heterocycles. The molecule has 0 fully saturated rings. The third-order valence-electron chi connectivity index (χ3n) is 6.21. The molecule has 3 aromatic carbocycles. The lowest BCUT2D eigenvalue weighted by atomic mass is 10.0. The highest BCUT2D eigenvalue weighted by Gasteiger charge is 2.25. The Morgan fingerprint density at radius 2 is 1.47 bits per heavy atom. The Balaban J connectivity index is 1.31. The third kappa shape index (κ3) is 5.68. The number of ether oxygens (including phenoxy) is 2. The van der Waals surface area contributed by atoms with E-state index in [4.69, 9.17) is 15.2 Å². The van der Waals surface area contributed by atoms with Gasteiger partial charge in [0.05, 0.1) is 25.6 Å². The van der Waals surface area contributed by atoms with Crippen LogP contribution in [0.15, 0.2) is 66.7 Å². The van der Waals surface area contributed by atoms with Crippen LogP contribution in [0.2, 0.25) is 0 Å². The lowest BCUT2D eigenvalue weighted by molar-refractivity contribution is -0.117. The second kappa shape index (κ2) is 11.4. The van der Waals surface area contributed by atoms with Crippen molar-refractivity contribution in [2.45, 2.75) is 25.7 Å². The largest absolute Gasteiger partial charge is 0.497 e. The van der Waals surface area contributed by atoms with Crippen molar-refractivity contribution in [3.8, 4) is 22.6 Å². The van der Waals surface area contributed by atoms with E-state index in [9.17, 15) is 9.59 Å². The molecule has 186 valence electrons. The number of nitrogen functional groups attached to an aromatic ring is 1. The van der Waals surface area contributed by atoms with Gasteiger partial charge in [-0.05, 0) is 77.1 Å². The van der Waals surface area contributed by atoms with Gasteiger partial charge in [-0.1, -0.05) is 30.7 Å².